The van der Waals surface area contributed by atoms with E-state index in [-0.39, 0.29) is 11.3 Å². The lowest BCUT2D eigenvalue weighted by molar-refractivity contribution is -0.130. The van der Waals surface area contributed by atoms with Crippen molar-refractivity contribution in [2.45, 2.75) is 86.0 Å². The summed E-state index contributed by atoms with van der Waals surface area (Å²) in [5.41, 5.74) is -0.166. The molecule has 0 N–H and O–H groups in total. The molecule has 0 saturated heterocycles. The Bertz CT molecular complexity index is 200. The van der Waals surface area contributed by atoms with Crippen LogP contribution in [0.25, 0.3) is 0 Å². The van der Waals surface area contributed by atoms with Crippen LogP contribution in [0.5, 0.6) is 0 Å². The maximum absolute atomic E-state index is 12.0. The number of hydrogen-bond acceptors (Lipinski definition) is 1. The van der Waals surface area contributed by atoms with Crippen molar-refractivity contribution in [1.29, 1.82) is 0 Å². The summed E-state index contributed by atoms with van der Waals surface area (Å²) in [6.07, 6.45) is 10.4. The zero-order chi connectivity index (χ0) is 13.3. The third-order valence-corrected chi connectivity index (χ3v) is 3.43. The molecule has 102 valence electrons. The summed E-state index contributed by atoms with van der Waals surface area (Å²) >= 11 is 0. The average Bonchev–Trinajstić information content (AvgIpc) is 2.25. The van der Waals surface area contributed by atoms with Crippen molar-refractivity contribution in [2.75, 3.05) is 0 Å². The maximum Gasteiger partial charge on any atom is 0.140 e. The Balaban J connectivity index is 3.52. The topological polar surface area (TPSA) is 17.1 Å². The van der Waals surface area contributed by atoms with E-state index in [9.17, 15) is 4.79 Å². The van der Waals surface area contributed by atoms with Crippen LogP contribution >= 0.6 is 0 Å². The summed E-state index contributed by atoms with van der Waals surface area (Å²) in [6.45, 7) is 10.4. The van der Waals surface area contributed by atoms with E-state index in [4.69, 9.17) is 0 Å². The first kappa shape index (κ1) is 16.7. The van der Waals surface area contributed by atoms with Gasteiger partial charge in [-0.1, -0.05) is 79.6 Å². The molecule has 0 spiro atoms. The van der Waals surface area contributed by atoms with Crippen molar-refractivity contribution in [3.63, 3.8) is 0 Å². The molecule has 0 aliphatic carbocycles. The summed E-state index contributed by atoms with van der Waals surface area (Å²) in [4.78, 5) is 12.0. The molecule has 0 aromatic carbocycles. The molecule has 1 atom stereocenters. The third kappa shape index (κ3) is 8.40. The molecule has 0 bridgehead atoms. The van der Waals surface area contributed by atoms with Gasteiger partial charge in [-0.05, 0) is 6.42 Å². The van der Waals surface area contributed by atoms with Crippen LogP contribution in [0.4, 0.5) is 0 Å². The molecular formula is C16H32O. The second kappa shape index (κ2) is 8.72. The highest BCUT2D eigenvalue weighted by Gasteiger charge is 2.25. The van der Waals surface area contributed by atoms with Crippen LogP contribution in [0.1, 0.15) is 86.0 Å². The van der Waals surface area contributed by atoms with Crippen LogP contribution < -0.4 is 0 Å². The first-order valence-corrected chi connectivity index (χ1v) is 7.44. The van der Waals surface area contributed by atoms with Gasteiger partial charge in [0.15, 0.2) is 0 Å². The number of ketones is 1. The first-order valence-electron chi connectivity index (χ1n) is 7.44. The Morgan fingerprint density at radius 2 is 1.41 bits per heavy atom. The average molecular weight is 240 g/mol. The summed E-state index contributed by atoms with van der Waals surface area (Å²) in [7, 11) is 0. The van der Waals surface area contributed by atoms with Crippen LogP contribution in [0.2, 0.25) is 0 Å². The van der Waals surface area contributed by atoms with Crippen molar-refractivity contribution in [3.8, 4) is 0 Å². The fourth-order valence-corrected chi connectivity index (χ4v) is 2.28. The quantitative estimate of drug-likeness (QED) is 0.495. The predicted octanol–water partition coefficient (Wildman–Crippen LogP) is 5.38. The number of Topliss-reactive ketones (excluding diaryl/α,β-unsaturated/α-hetero) is 1. The molecular weight excluding hydrogens is 208 g/mol. The van der Waals surface area contributed by atoms with Gasteiger partial charge in [0, 0.05) is 11.3 Å². The Morgan fingerprint density at radius 3 is 1.88 bits per heavy atom. The second-order valence-electron chi connectivity index (χ2n) is 6.43. The summed E-state index contributed by atoms with van der Waals surface area (Å²) in [5, 5.41) is 0. The molecule has 0 fully saturated rings. The standard InChI is InChI=1S/C16H32O/c1-6-7-8-9-10-11-12-13-14(2)15(17)16(3,4)5/h14H,6-13H2,1-5H3. The molecule has 17 heavy (non-hydrogen) atoms. The Hall–Kier alpha value is -0.330. The zero-order valence-electron chi connectivity index (χ0n) is 12.6. The van der Waals surface area contributed by atoms with Crippen molar-refractivity contribution < 1.29 is 4.79 Å². The summed E-state index contributed by atoms with van der Waals surface area (Å²) in [5.74, 6) is 0.661. The Kier molecular flexibility index (Phi) is 8.55. The Labute approximate surface area is 108 Å². The maximum atomic E-state index is 12.0. The lowest BCUT2D eigenvalue weighted by atomic mass is 9.82. The normalized spacial score (nSPS) is 13.7. The largest absolute Gasteiger partial charge is 0.299 e. The van der Waals surface area contributed by atoms with Gasteiger partial charge in [0.2, 0.25) is 0 Å². The minimum absolute atomic E-state index is 0.166. The second-order valence-corrected chi connectivity index (χ2v) is 6.43. The van der Waals surface area contributed by atoms with E-state index in [2.05, 4.69) is 13.8 Å². The van der Waals surface area contributed by atoms with Crippen LogP contribution in [-0.4, -0.2) is 5.78 Å². The van der Waals surface area contributed by atoms with Crippen molar-refractivity contribution in [3.05, 3.63) is 0 Å². The van der Waals surface area contributed by atoms with Gasteiger partial charge in [-0.3, -0.25) is 4.79 Å². The molecule has 0 aromatic rings. The number of carbonyl (C=O) groups is 1. The van der Waals surface area contributed by atoms with Crippen molar-refractivity contribution in [2.24, 2.45) is 11.3 Å². The molecule has 0 saturated carbocycles. The molecule has 0 radical (unpaired) electrons. The van der Waals surface area contributed by atoms with E-state index in [1.54, 1.807) is 0 Å². The van der Waals surface area contributed by atoms with E-state index in [0.29, 0.717) is 5.78 Å². The van der Waals surface area contributed by atoms with Gasteiger partial charge in [-0.2, -0.15) is 0 Å². The number of unbranched alkanes of at least 4 members (excludes halogenated alkanes) is 6. The molecule has 0 aromatic heterocycles. The van der Waals surface area contributed by atoms with Crippen molar-refractivity contribution >= 4 is 5.78 Å². The van der Waals surface area contributed by atoms with E-state index in [0.717, 1.165) is 6.42 Å². The highest BCUT2D eigenvalue weighted by molar-refractivity contribution is 5.85. The molecule has 0 heterocycles. The van der Waals surface area contributed by atoms with Gasteiger partial charge in [0.05, 0.1) is 0 Å². The molecule has 1 unspecified atom stereocenters. The van der Waals surface area contributed by atoms with Gasteiger partial charge in [-0.25, -0.2) is 0 Å². The predicted molar refractivity (Wildman–Crippen MR) is 76.2 cm³/mol. The molecule has 0 rings (SSSR count). The molecule has 1 heteroatoms. The fourth-order valence-electron chi connectivity index (χ4n) is 2.28. The van der Waals surface area contributed by atoms with Gasteiger partial charge in [0.1, 0.15) is 5.78 Å². The zero-order valence-corrected chi connectivity index (χ0v) is 12.6. The Morgan fingerprint density at radius 1 is 0.941 bits per heavy atom. The van der Waals surface area contributed by atoms with Crippen LogP contribution in [-0.2, 0) is 4.79 Å². The molecule has 1 nitrogen and oxygen atoms in total. The van der Waals surface area contributed by atoms with Crippen LogP contribution in [0.15, 0.2) is 0 Å². The summed E-state index contributed by atoms with van der Waals surface area (Å²) < 4.78 is 0. The number of carbonyl (C=O) groups excluding carboxylic acids is 1. The van der Waals surface area contributed by atoms with E-state index in [1.807, 2.05) is 20.8 Å². The molecule has 0 aliphatic rings. The minimum Gasteiger partial charge on any atom is -0.299 e. The van der Waals surface area contributed by atoms with Crippen molar-refractivity contribution in [1.82, 2.24) is 0 Å². The van der Waals surface area contributed by atoms with Gasteiger partial charge < -0.3 is 0 Å². The lowest BCUT2D eigenvalue weighted by Crippen LogP contribution is -2.26. The molecule has 0 aliphatic heterocycles. The minimum atomic E-state index is -0.166. The summed E-state index contributed by atoms with van der Waals surface area (Å²) in [6, 6.07) is 0. The van der Waals surface area contributed by atoms with E-state index < -0.39 is 0 Å². The highest BCUT2D eigenvalue weighted by Crippen LogP contribution is 2.23. The third-order valence-electron chi connectivity index (χ3n) is 3.43. The molecule has 0 amide bonds. The lowest BCUT2D eigenvalue weighted by Gasteiger charge is -2.21. The van der Waals surface area contributed by atoms with Gasteiger partial charge >= 0.3 is 0 Å². The van der Waals surface area contributed by atoms with Crippen LogP contribution in [0, 0.1) is 11.3 Å². The SMILES string of the molecule is CCCCCCCCCC(C)C(=O)C(C)(C)C. The number of hydrogen-bond donors (Lipinski definition) is 0. The first-order chi connectivity index (χ1) is 7.89. The monoisotopic (exact) mass is 240 g/mol. The van der Waals surface area contributed by atoms with Gasteiger partial charge in [0.25, 0.3) is 0 Å². The number of rotatable bonds is 9. The van der Waals surface area contributed by atoms with Crippen LogP contribution in [0.3, 0.4) is 0 Å². The fraction of sp³-hybridized carbons (Fsp3) is 0.938. The van der Waals surface area contributed by atoms with E-state index >= 15 is 0 Å². The van der Waals surface area contributed by atoms with Gasteiger partial charge in [-0.15, -0.1) is 0 Å². The van der Waals surface area contributed by atoms with E-state index in [1.165, 1.54) is 44.9 Å². The highest BCUT2D eigenvalue weighted by atomic mass is 16.1. The smallest absolute Gasteiger partial charge is 0.140 e.